The summed E-state index contributed by atoms with van der Waals surface area (Å²) >= 11 is 0. The second-order valence-electron chi connectivity index (χ2n) is 16.1. The van der Waals surface area contributed by atoms with E-state index in [0.29, 0.717) is 19.4 Å². The number of β-amino-alcohol motifs (C(OH)–C–C–N with tert-alkyl or cyclic N) is 1. The molecule has 0 spiro atoms. The Bertz CT molecular complexity index is 2080. The molecule has 0 radical (unpaired) electrons. The lowest BCUT2D eigenvalue weighted by Gasteiger charge is -2.38. The van der Waals surface area contributed by atoms with Gasteiger partial charge in [0.1, 0.15) is 23.4 Å². The number of allylic oxidation sites excluding steroid dienone is 2. The van der Waals surface area contributed by atoms with E-state index in [4.69, 9.17) is 18.9 Å². The molecule has 1 saturated heterocycles. The molecule has 16 heteroatoms. The predicted octanol–water partition coefficient (Wildman–Crippen LogP) is 4.54. The van der Waals surface area contributed by atoms with Crippen LogP contribution in [0.3, 0.4) is 0 Å². The van der Waals surface area contributed by atoms with Crippen molar-refractivity contribution in [3.8, 4) is 23.0 Å². The lowest BCUT2D eigenvalue weighted by Crippen LogP contribution is -2.46. The third kappa shape index (κ3) is 8.91. The van der Waals surface area contributed by atoms with Crippen LogP contribution in [0.5, 0.6) is 23.0 Å². The number of esters is 1. The molecule has 7 N–H and O–H groups in total. The number of hydrogen-bond acceptors (Lipinski definition) is 15. The molecule has 16 nitrogen and oxygen atoms in total. The summed E-state index contributed by atoms with van der Waals surface area (Å²) in [7, 11) is 1.43. The summed E-state index contributed by atoms with van der Waals surface area (Å²) in [5.74, 6) is -8.63. The smallest absolute Gasteiger partial charge is 0.312 e. The number of phenolic OH excluding ortho intramolecular Hbond substituents is 3. The van der Waals surface area contributed by atoms with E-state index in [1.807, 2.05) is 0 Å². The molecule has 1 amide bonds. The van der Waals surface area contributed by atoms with Gasteiger partial charge in [-0.05, 0) is 32.8 Å². The number of carbonyl (C=O) groups is 3. The van der Waals surface area contributed by atoms with Crippen molar-refractivity contribution in [2.45, 2.75) is 105 Å². The predicted molar refractivity (Wildman–Crippen MR) is 218 cm³/mol. The number of aliphatic hydroxyl groups excluding tert-OH is 3. The summed E-state index contributed by atoms with van der Waals surface area (Å²) in [6.07, 6.45) is 5.20. The van der Waals surface area contributed by atoms with Crippen molar-refractivity contribution in [3.63, 3.8) is 0 Å². The number of anilines is 1. The van der Waals surface area contributed by atoms with Gasteiger partial charge in [-0.2, -0.15) is 5.10 Å². The number of Topliss-reactive ketones (excluding diaryl/α,β-unsaturated/α-hetero) is 1. The molecule has 1 fully saturated rings. The summed E-state index contributed by atoms with van der Waals surface area (Å²) in [4.78, 5) is 40.5. The third-order valence-corrected chi connectivity index (χ3v) is 11.8. The van der Waals surface area contributed by atoms with Crippen LogP contribution < -0.4 is 10.1 Å². The second-order valence-corrected chi connectivity index (χ2v) is 16.1. The first kappa shape index (κ1) is 44.9. The van der Waals surface area contributed by atoms with Gasteiger partial charge in [0, 0.05) is 67.7 Å². The molecule has 4 aliphatic rings. The minimum atomic E-state index is -2.07. The zero-order chi connectivity index (χ0) is 43.7. The molecular weight excluding hydrogens is 766 g/mol. The molecule has 59 heavy (non-hydrogen) atoms. The molecule has 2 aromatic rings. The van der Waals surface area contributed by atoms with Gasteiger partial charge in [-0.3, -0.25) is 19.4 Å². The van der Waals surface area contributed by atoms with Gasteiger partial charge in [-0.15, -0.1) is 0 Å². The van der Waals surface area contributed by atoms with Gasteiger partial charge in [0.2, 0.25) is 0 Å². The van der Waals surface area contributed by atoms with E-state index in [1.165, 1.54) is 59.4 Å². The quantitative estimate of drug-likeness (QED) is 0.0971. The van der Waals surface area contributed by atoms with Gasteiger partial charge in [-0.1, -0.05) is 45.9 Å². The van der Waals surface area contributed by atoms with Crippen molar-refractivity contribution < 1.29 is 64.0 Å². The molecule has 0 aromatic heterocycles. The number of methoxy groups -OCH3 is 1. The number of ketones is 1. The van der Waals surface area contributed by atoms with E-state index in [9.17, 15) is 45.0 Å². The molecule has 5 bridgehead atoms. The van der Waals surface area contributed by atoms with Crippen LogP contribution in [0.1, 0.15) is 82.8 Å². The van der Waals surface area contributed by atoms with Crippen LogP contribution in [0.15, 0.2) is 41.2 Å². The molecule has 6 rings (SSSR count). The van der Waals surface area contributed by atoms with E-state index in [0.717, 1.165) is 0 Å². The summed E-state index contributed by atoms with van der Waals surface area (Å²) in [5, 5.41) is 76.6. The molecule has 1 unspecified atom stereocenters. The topological polar surface area (TPSA) is 237 Å². The van der Waals surface area contributed by atoms with E-state index >= 15 is 0 Å². The summed E-state index contributed by atoms with van der Waals surface area (Å²) in [6.45, 7) is 13.1. The Morgan fingerprint density at radius 2 is 1.68 bits per heavy atom. The maximum absolute atomic E-state index is 14.4. The Morgan fingerprint density at radius 1 is 0.983 bits per heavy atom. The Hall–Kier alpha value is -5.16. The van der Waals surface area contributed by atoms with E-state index in [1.54, 1.807) is 44.9 Å². The molecule has 10 atom stereocenters. The Balaban J connectivity index is 1.71. The number of fused-ring (bicyclic) bond motifs is 14. The highest BCUT2D eigenvalue weighted by molar-refractivity contribution is 6.23. The Labute approximate surface area is 343 Å². The van der Waals surface area contributed by atoms with Crippen LogP contribution in [0.25, 0.3) is 10.8 Å². The molecule has 2 aromatic carbocycles. The van der Waals surface area contributed by atoms with Crippen LogP contribution >= 0.6 is 0 Å². The number of nitrogens with one attached hydrogen (secondary N) is 1. The first-order chi connectivity index (χ1) is 27.7. The van der Waals surface area contributed by atoms with Gasteiger partial charge in [0.25, 0.3) is 11.7 Å². The minimum Gasteiger partial charge on any atom is -0.507 e. The zero-order valence-corrected chi connectivity index (χ0v) is 34.9. The lowest BCUT2D eigenvalue weighted by atomic mass is 9.78. The first-order valence-electron chi connectivity index (χ1n) is 19.8. The normalized spacial score (nSPS) is 33.0. The second kappa shape index (κ2) is 18.0. The van der Waals surface area contributed by atoms with Gasteiger partial charge >= 0.3 is 11.8 Å². The SMILES string of the molecule is CO[C@H]1/C=C/O[C@@]2(C)Oc3c(C)c(O)c4c(O)c(c(C=NN5CCCC(O)C5)c(O)c4c3C2=O)NC(=O)/C(C)=C\C=C\[C@H](C)[C@H](O)[C@@H](C)[C@@H](O)[C@H](C)[C@H](OC(C)=O)[C@H]1C. The standard InChI is InChI=1S/C43H57N3O13/c1-20-12-10-13-21(2)42(55)45-33-28(18-44-46-16-11-14-27(48)19-46)37(52)30-31(38(33)53)36(51)25(6)40-32(30)41(54)43(8,59-40)57-17-15-29(56-9)22(3)39(58-26(7)47)24(5)35(50)23(4)34(20)49/h10,12-13,15,17-18,20,22-24,27,29,34-35,39,48-53H,11,14,16,19H2,1-9H3,(H,45,55)/b12-10+,17-15+,21-13-,44-18?/t20-,22-,23+,24-,27?,29-,34-,35+,39+,43-/m0/s1. The third-order valence-electron chi connectivity index (χ3n) is 11.8. The fourth-order valence-electron chi connectivity index (χ4n) is 8.05. The largest absolute Gasteiger partial charge is 0.507 e. The van der Waals surface area contributed by atoms with Crippen LogP contribution in [-0.4, -0.2) is 116 Å². The van der Waals surface area contributed by atoms with Crippen molar-refractivity contribution >= 4 is 40.3 Å². The van der Waals surface area contributed by atoms with Crippen LogP contribution in [0, 0.1) is 30.6 Å². The molecule has 322 valence electrons. The van der Waals surface area contributed by atoms with Crippen LogP contribution in [-0.2, 0) is 23.8 Å². The number of nitrogens with zero attached hydrogens (tertiary/aromatic N) is 2. The highest BCUT2D eigenvalue weighted by atomic mass is 16.7. The van der Waals surface area contributed by atoms with Crippen molar-refractivity contribution in [2.75, 3.05) is 25.5 Å². The number of hydrazone groups is 1. The number of amides is 1. The average Bonchev–Trinajstić information content (AvgIpc) is 3.46. The maximum atomic E-state index is 14.4. The van der Waals surface area contributed by atoms with Crippen molar-refractivity contribution in [2.24, 2.45) is 28.8 Å². The van der Waals surface area contributed by atoms with Gasteiger partial charge in [0.15, 0.2) is 5.75 Å². The number of carbonyl (C=O) groups excluding carboxylic acids is 3. The number of rotatable bonds is 4. The van der Waals surface area contributed by atoms with Gasteiger partial charge in [0.05, 0.1) is 65.6 Å². The molecule has 0 saturated carbocycles. The molecular formula is C43H57N3O13. The van der Waals surface area contributed by atoms with Crippen molar-refractivity contribution in [3.05, 3.63) is 52.8 Å². The highest BCUT2D eigenvalue weighted by Gasteiger charge is 2.50. The number of piperidine rings is 1. The Kier molecular flexibility index (Phi) is 13.7. The fourth-order valence-corrected chi connectivity index (χ4v) is 8.05. The summed E-state index contributed by atoms with van der Waals surface area (Å²) in [5.41, 5.74) is -0.555. The van der Waals surface area contributed by atoms with E-state index < -0.39 is 94.9 Å². The first-order valence-corrected chi connectivity index (χ1v) is 19.8. The monoisotopic (exact) mass is 823 g/mol. The van der Waals surface area contributed by atoms with E-state index in [2.05, 4.69) is 10.4 Å². The lowest BCUT2D eigenvalue weighted by molar-refractivity contribution is -0.160. The number of hydrogen-bond donors (Lipinski definition) is 7. The van der Waals surface area contributed by atoms with Crippen LogP contribution in [0.2, 0.25) is 0 Å². The minimum absolute atomic E-state index is 0.0327. The maximum Gasteiger partial charge on any atom is 0.312 e. The molecule has 4 heterocycles. The number of aromatic hydroxyl groups is 3. The van der Waals surface area contributed by atoms with Gasteiger partial charge < -0.3 is 54.9 Å². The Morgan fingerprint density at radius 3 is 2.32 bits per heavy atom. The molecule has 4 aliphatic heterocycles. The number of aliphatic hydroxyl groups is 3. The summed E-state index contributed by atoms with van der Waals surface area (Å²) < 4.78 is 23.5. The van der Waals surface area contributed by atoms with Crippen molar-refractivity contribution in [1.82, 2.24) is 5.01 Å². The van der Waals surface area contributed by atoms with Crippen LogP contribution in [0.4, 0.5) is 5.69 Å². The number of phenols is 3. The molecule has 0 aliphatic carbocycles. The average molecular weight is 824 g/mol. The fraction of sp³-hybridized carbons (Fsp3) is 0.535. The van der Waals surface area contributed by atoms with Gasteiger partial charge in [-0.25, -0.2) is 0 Å². The number of benzene rings is 2. The summed E-state index contributed by atoms with van der Waals surface area (Å²) in [6, 6.07) is 0. The highest BCUT2D eigenvalue weighted by Crippen LogP contribution is 2.55. The van der Waals surface area contributed by atoms with E-state index in [-0.39, 0.29) is 51.0 Å². The van der Waals surface area contributed by atoms with Crippen molar-refractivity contribution in [1.29, 1.82) is 0 Å². The zero-order valence-electron chi connectivity index (χ0n) is 34.9. The number of ether oxygens (including phenoxy) is 4.